The molecule has 0 aliphatic heterocycles. The van der Waals surface area contributed by atoms with E-state index in [4.69, 9.17) is 19.4 Å². The summed E-state index contributed by atoms with van der Waals surface area (Å²) in [6.07, 6.45) is 2.72. The zero-order valence-electron chi connectivity index (χ0n) is 8.80. The first-order chi connectivity index (χ1) is 7.26. The van der Waals surface area contributed by atoms with Crippen LogP contribution in [0.5, 0.6) is 0 Å². The topological polar surface area (TPSA) is 17.1 Å². The first-order valence-electron chi connectivity index (χ1n) is 4.87. The van der Waals surface area contributed by atoms with Crippen molar-refractivity contribution in [2.75, 3.05) is 0 Å². The second-order valence-electron chi connectivity index (χ2n) is 2.92. The number of ketones is 1. The molecule has 15 heavy (non-hydrogen) atoms. The van der Waals surface area contributed by atoms with Crippen LogP contribution < -0.4 is 0 Å². The number of hydrogen-bond acceptors (Lipinski definition) is 1. The summed E-state index contributed by atoms with van der Waals surface area (Å²) in [4.78, 5) is 11.4. The minimum atomic E-state index is -0.931. The summed E-state index contributed by atoms with van der Waals surface area (Å²) in [5, 5.41) is 0. The summed E-state index contributed by atoms with van der Waals surface area (Å²) >= 11 is -0.931. The summed E-state index contributed by atoms with van der Waals surface area (Å²) in [5.74, 6) is 0.242. The maximum absolute atomic E-state index is 11.4. The van der Waals surface area contributed by atoms with Crippen molar-refractivity contribution in [1.82, 2.24) is 0 Å². The number of carbonyl (C=O) groups is 1. The third-order valence-corrected chi connectivity index (χ3v) is 1.80. The zero-order chi connectivity index (χ0) is 11.5. The average molecular weight is 298 g/mol. The molecule has 0 bridgehead atoms. The summed E-state index contributed by atoms with van der Waals surface area (Å²) in [7, 11) is 9.90. The van der Waals surface area contributed by atoms with Crippen molar-refractivity contribution in [3.05, 3.63) is 35.9 Å². The second-order valence-corrected chi connectivity index (χ2v) is 7.54. The van der Waals surface area contributed by atoms with Crippen LogP contribution in [-0.2, 0) is 15.1 Å². The van der Waals surface area contributed by atoms with Crippen LogP contribution in [0, 0.1) is 6.07 Å². The number of hydrogen-bond donors (Lipinski definition) is 0. The van der Waals surface area contributed by atoms with Crippen LogP contribution in [0.1, 0.15) is 36.5 Å². The third kappa shape index (κ3) is 7.96. The van der Waals surface area contributed by atoms with Crippen molar-refractivity contribution in [3.8, 4) is 0 Å². The Morgan fingerprint density at radius 1 is 1.40 bits per heavy atom. The molecule has 1 aromatic rings. The minimum absolute atomic E-state index is 0.242. The second kappa shape index (κ2) is 10.6. The number of rotatable bonds is 4. The number of halogens is 2. The van der Waals surface area contributed by atoms with E-state index in [2.05, 4.69) is 13.0 Å². The molecule has 0 fully saturated rings. The number of benzene rings is 1. The molecule has 0 aromatic heterocycles. The van der Waals surface area contributed by atoms with Crippen LogP contribution in [0.2, 0.25) is 0 Å². The van der Waals surface area contributed by atoms with Crippen molar-refractivity contribution in [3.63, 3.8) is 0 Å². The molecule has 0 atom stereocenters. The van der Waals surface area contributed by atoms with Crippen LogP contribution in [0.4, 0.5) is 0 Å². The zero-order valence-corrected chi connectivity index (χ0v) is 13.3. The first-order valence-corrected chi connectivity index (χ1v) is 12.7. The van der Waals surface area contributed by atoms with Gasteiger partial charge < -0.3 is 0 Å². The molecule has 0 aliphatic carbocycles. The van der Waals surface area contributed by atoms with Crippen molar-refractivity contribution >= 4 is 25.2 Å². The first kappa shape index (κ1) is 15.1. The van der Waals surface area contributed by atoms with Gasteiger partial charge in [-0.25, -0.2) is 0 Å². The fraction of sp³-hybridized carbons (Fsp3) is 0.364. The van der Waals surface area contributed by atoms with E-state index in [1.807, 2.05) is 12.1 Å². The molecule has 0 saturated heterocycles. The predicted molar refractivity (Wildman–Crippen MR) is 60.8 cm³/mol. The molecule has 1 rings (SSSR count). The number of unbranched alkanes of at least 4 members (excludes halogenated alkanes) is 1. The third-order valence-electron chi connectivity index (χ3n) is 1.80. The van der Waals surface area contributed by atoms with Gasteiger partial charge in [-0.1, -0.05) is 37.6 Å². The van der Waals surface area contributed by atoms with E-state index in [9.17, 15) is 4.79 Å². The Balaban J connectivity index is 0.000000583. The van der Waals surface area contributed by atoms with Gasteiger partial charge >= 0.3 is 34.5 Å². The molecule has 0 aliphatic rings. The van der Waals surface area contributed by atoms with E-state index in [1.54, 1.807) is 12.1 Å². The van der Waals surface area contributed by atoms with Gasteiger partial charge in [0.05, 0.1) is 0 Å². The van der Waals surface area contributed by atoms with Crippen LogP contribution >= 0.6 is 19.4 Å². The van der Waals surface area contributed by atoms with E-state index in [-0.39, 0.29) is 5.78 Å². The summed E-state index contributed by atoms with van der Waals surface area (Å²) < 4.78 is 0. The summed E-state index contributed by atoms with van der Waals surface area (Å²) in [6, 6.07) is 10.1. The average Bonchev–Trinajstić information content (AvgIpc) is 2.28. The van der Waals surface area contributed by atoms with Gasteiger partial charge in [-0.05, 0) is 12.5 Å². The Bertz CT molecular complexity index is 265. The van der Waals surface area contributed by atoms with E-state index in [1.165, 1.54) is 0 Å². The Hall–Kier alpha value is 0.0934. The molecule has 0 amide bonds. The van der Waals surface area contributed by atoms with E-state index >= 15 is 0 Å². The molecule has 1 nitrogen and oxygen atoms in total. The van der Waals surface area contributed by atoms with E-state index in [0.29, 0.717) is 6.42 Å². The van der Waals surface area contributed by atoms with Gasteiger partial charge in [0.2, 0.25) is 0 Å². The molecule has 0 saturated carbocycles. The van der Waals surface area contributed by atoms with Crippen molar-refractivity contribution in [1.29, 1.82) is 0 Å². The molecule has 0 spiro atoms. The van der Waals surface area contributed by atoms with Gasteiger partial charge in [0.1, 0.15) is 0 Å². The Labute approximate surface area is 107 Å². The fourth-order valence-electron chi connectivity index (χ4n) is 1.05. The molecule has 4 heteroatoms. The Kier molecular flexibility index (Phi) is 10.7. The number of carbonyl (C=O) groups excluding carboxylic acids is 1. The molecule has 79 valence electrons. The van der Waals surface area contributed by atoms with Crippen LogP contribution in [-0.4, -0.2) is 5.78 Å². The van der Waals surface area contributed by atoms with E-state index in [0.717, 1.165) is 18.4 Å². The summed E-state index contributed by atoms with van der Waals surface area (Å²) in [5.41, 5.74) is 0.808. The molecular weight excluding hydrogens is 284 g/mol. The monoisotopic (exact) mass is 295 g/mol. The Morgan fingerprint density at radius 3 is 2.40 bits per heavy atom. The van der Waals surface area contributed by atoms with Crippen molar-refractivity contribution in [2.45, 2.75) is 26.2 Å². The normalized spacial score (nSPS) is 8.47. The van der Waals surface area contributed by atoms with Gasteiger partial charge in [0.15, 0.2) is 5.78 Å². The fourth-order valence-corrected chi connectivity index (χ4v) is 1.05. The maximum atomic E-state index is 11.4. The van der Waals surface area contributed by atoms with Gasteiger partial charge in [0.25, 0.3) is 0 Å². The Morgan fingerprint density at radius 2 is 1.93 bits per heavy atom. The summed E-state index contributed by atoms with van der Waals surface area (Å²) in [6.45, 7) is 2.09. The molecule has 1 aromatic carbocycles. The SMILES string of the molecule is CCCCC(=O)c1cc[c]cc1.[Cl][Zn][Cl]. The molecule has 0 heterocycles. The van der Waals surface area contributed by atoms with Gasteiger partial charge in [0, 0.05) is 12.0 Å². The van der Waals surface area contributed by atoms with Crippen LogP contribution in [0.25, 0.3) is 0 Å². The standard InChI is InChI=1S/C11H13O.2ClH.Zn/c1-2-3-9-11(12)10-7-5-4-6-8-10;;;/h5-8H,2-3,9H2,1H3;2*1H;/q;;;+2/p-2. The molecule has 1 radical (unpaired) electrons. The van der Waals surface area contributed by atoms with Crippen molar-refractivity contribution < 1.29 is 19.9 Å². The van der Waals surface area contributed by atoms with Crippen molar-refractivity contribution in [2.24, 2.45) is 0 Å². The van der Waals surface area contributed by atoms with Gasteiger partial charge in [-0.15, -0.1) is 0 Å². The predicted octanol–water partition coefficient (Wildman–Crippen LogP) is 4.24. The van der Waals surface area contributed by atoms with Gasteiger partial charge in [-0.2, -0.15) is 0 Å². The molecule has 0 N–H and O–H groups in total. The van der Waals surface area contributed by atoms with Crippen LogP contribution in [0.15, 0.2) is 24.3 Å². The van der Waals surface area contributed by atoms with E-state index < -0.39 is 15.1 Å². The molecular formula is C11H13Cl2OZn. The number of Topliss-reactive ketones (excluding diaryl/α,β-unsaturated/α-hetero) is 1. The van der Waals surface area contributed by atoms with Gasteiger partial charge in [-0.3, -0.25) is 4.79 Å². The van der Waals surface area contributed by atoms with Crippen LogP contribution in [0.3, 0.4) is 0 Å². The molecule has 0 unspecified atom stereocenters. The quantitative estimate of drug-likeness (QED) is 0.600.